The van der Waals surface area contributed by atoms with E-state index >= 15 is 0 Å². The second-order valence-corrected chi connectivity index (χ2v) is 7.83. The number of amides is 1. The molecule has 1 amide bonds. The minimum Gasteiger partial charge on any atom is -0.379 e. The Kier molecular flexibility index (Phi) is 4.45. The van der Waals surface area contributed by atoms with Gasteiger partial charge in [-0.25, -0.2) is 0 Å². The van der Waals surface area contributed by atoms with Crippen molar-refractivity contribution in [3.8, 4) is 0 Å². The van der Waals surface area contributed by atoms with E-state index in [4.69, 9.17) is 10.5 Å². The van der Waals surface area contributed by atoms with E-state index < -0.39 is 5.41 Å². The maximum atomic E-state index is 12.8. The highest BCUT2D eigenvalue weighted by atomic mass is 16.5. The summed E-state index contributed by atoms with van der Waals surface area (Å²) in [4.78, 5) is 14.8. The molecule has 0 aromatic carbocycles. The molecular formula is C16H30N2O2. The van der Waals surface area contributed by atoms with E-state index in [0.29, 0.717) is 24.5 Å². The minimum absolute atomic E-state index is 0.170. The normalized spacial score (nSPS) is 36.0. The fourth-order valence-electron chi connectivity index (χ4n) is 3.44. The van der Waals surface area contributed by atoms with E-state index in [-0.39, 0.29) is 11.9 Å². The molecule has 0 aliphatic carbocycles. The molecule has 2 aliphatic heterocycles. The van der Waals surface area contributed by atoms with Crippen LogP contribution in [0, 0.1) is 16.7 Å². The van der Waals surface area contributed by atoms with Crippen LogP contribution in [0.1, 0.15) is 47.0 Å². The summed E-state index contributed by atoms with van der Waals surface area (Å²) in [6, 6.07) is -0.170. The van der Waals surface area contributed by atoms with E-state index in [1.807, 2.05) is 11.8 Å². The summed E-state index contributed by atoms with van der Waals surface area (Å²) in [5, 5.41) is 0. The molecule has 0 aromatic rings. The maximum Gasteiger partial charge on any atom is 0.232 e. The monoisotopic (exact) mass is 282 g/mol. The first-order valence-corrected chi connectivity index (χ1v) is 7.88. The molecule has 3 unspecified atom stereocenters. The van der Waals surface area contributed by atoms with Crippen LogP contribution in [0.15, 0.2) is 0 Å². The number of nitrogens with two attached hydrogens (primary N) is 1. The number of carbonyl (C=O) groups excluding carboxylic acids is 1. The number of carbonyl (C=O) groups is 1. The van der Waals surface area contributed by atoms with Crippen LogP contribution >= 0.6 is 0 Å². The van der Waals surface area contributed by atoms with Crippen LogP contribution in [0.4, 0.5) is 0 Å². The highest BCUT2D eigenvalue weighted by Gasteiger charge is 2.46. The molecule has 2 saturated heterocycles. The first-order chi connectivity index (χ1) is 9.25. The molecule has 2 rings (SSSR count). The van der Waals surface area contributed by atoms with Crippen molar-refractivity contribution in [1.29, 1.82) is 0 Å². The van der Waals surface area contributed by atoms with Gasteiger partial charge in [0.15, 0.2) is 0 Å². The molecule has 0 aromatic heterocycles. The van der Waals surface area contributed by atoms with E-state index in [2.05, 4.69) is 20.8 Å². The van der Waals surface area contributed by atoms with Gasteiger partial charge in [-0.3, -0.25) is 4.79 Å². The molecule has 0 spiro atoms. The van der Waals surface area contributed by atoms with Crippen molar-refractivity contribution in [1.82, 2.24) is 4.90 Å². The lowest BCUT2D eigenvalue weighted by atomic mass is 9.77. The molecular weight excluding hydrogens is 252 g/mol. The Hall–Kier alpha value is -0.610. The van der Waals surface area contributed by atoms with Gasteiger partial charge in [0.05, 0.1) is 18.6 Å². The highest BCUT2D eigenvalue weighted by Crippen LogP contribution is 2.36. The molecule has 0 saturated carbocycles. The molecule has 20 heavy (non-hydrogen) atoms. The van der Waals surface area contributed by atoms with E-state index in [1.54, 1.807) is 0 Å². The summed E-state index contributed by atoms with van der Waals surface area (Å²) in [6.45, 7) is 11.6. The van der Waals surface area contributed by atoms with Crippen molar-refractivity contribution in [3.63, 3.8) is 0 Å². The van der Waals surface area contributed by atoms with Crippen LogP contribution < -0.4 is 5.73 Å². The predicted octanol–water partition coefficient (Wildman–Crippen LogP) is 2.02. The average molecular weight is 282 g/mol. The van der Waals surface area contributed by atoms with Crippen molar-refractivity contribution >= 4 is 5.91 Å². The standard InChI is InChI=1S/C16H30N2O2/c1-15(2,3)12-6-5-8-18(9-7-12)14(19)16(4)11-20-10-13(16)17/h12-13H,5-11,17H2,1-4H3. The zero-order valence-electron chi connectivity index (χ0n) is 13.4. The van der Waals surface area contributed by atoms with Crippen LogP contribution in [0.5, 0.6) is 0 Å². The van der Waals surface area contributed by atoms with Gasteiger partial charge >= 0.3 is 0 Å². The third-order valence-electron chi connectivity index (χ3n) is 5.25. The summed E-state index contributed by atoms with van der Waals surface area (Å²) in [5.74, 6) is 0.888. The van der Waals surface area contributed by atoms with E-state index in [1.165, 1.54) is 6.42 Å². The molecule has 2 N–H and O–H groups in total. The molecule has 2 fully saturated rings. The Morgan fingerprint density at radius 2 is 2.00 bits per heavy atom. The van der Waals surface area contributed by atoms with Crippen LogP contribution in [-0.2, 0) is 9.53 Å². The topological polar surface area (TPSA) is 55.6 Å². The zero-order chi connectivity index (χ0) is 15.0. The molecule has 4 heteroatoms. The molecule has 0 radical (unpaired) electrons. The van der Waals surface area contributed by atoms with E-state index in [0.717, 1.165) is 25.9 Å². The fraction of sp³-hybridized carbons (Fsp3) is 0.938. The third-order valence-corrected chi connectivity index (χ3v) is 5.25. The number of hydrogen-bond donors (Lipinski definition) is 1. The molecule has 0 bridgehead atoms. The van der Waals surface area contributed by atoms with Gasteiger partial charge in [0.25, 0.3) is 0 Å². The maximum absolute atomic E-state index is 12.8. The van der Waals surface area contributed by atoms with E-state index in [9.17, 15) is 4.79 Å². The second-order valence-electron chi connectivity index (χ2n) is 7.83. The number of ether oxygens (including phenoxy) is 1. The Morgan fingerprint density at radius 3 is 2.55 bits per heavy atom. The van der Waals surface area contributed by atoms with Crippen molar-refractivity contribution in [2.24, 2.45) is 22.5 Å². The SMILES string of the molecule is CC(C)(C)C1CCCN(C(=O)C2(C)COCC2N)CC1. The number of likely N-dealkylation sites (tertiary alicyclic amines) is 1. The van der Waals surface area contributed by atoms with Crippen LogP contribution in [-0.4, -0.2) is 43.2 Å². The Balaban J connectivity index is 2.02. The van der Waals surface area contributed by atoms with Crippen molar-refractivity contribution < 1.29 is 9.53 Å². The average Bonchev–Trinajstić information content (AvgIpc) is 2.60. The zero-order valence-corrected chi connectivity index (χ0v) is 13.4. The summed E-state index contributed by atoms with van der Waals surface area (Å²) >= 11 is 0. The summed E-state index contributed by atoms with van der Waals surface area (Å²) in [6.07, 6.45) is 3.41. The first-order valence-electron chi connectivity index (χ1n) is 7.88. The van der Waals surface area contributed by atoms with Crippen molar-refractivity contribution in [2.75, 3.05) is 26.3 Å². The largest absolute Gasteiger partial charge is 0.379 e. The first kappa shape index (κ1) is 15.8. The van der Waals surface area contributed by atoms with Gasteiger partial charge in [0.1, 0.15) is 0 Å². The predicted molar refractivity (Wildman–Crippen MR) is 80.3 cm³/mol. The smallest absolute Gasteiger partial charge is 0.232 e. The number of rotatable bonds is 1. The lowest BCUT2D eigenvalue weighted by Crippen LogP contribution is -2.51. The highest BCUT2D eigenvalue weighted by molar-refractivity contribution is 5.83. The Morgan fingerprint density at radius 1 is 1.30 bits per heavy atom. The minimum atomic E-state index is -0.526. The van der Waals surface area contributed by atoms with Gasteiger partial charge in [-0.05, 0) is 37.5 Å². The van der Waals surface area contributed by atoms with Gasteiger partial charge in [-0.15, -0.1) is 0 Å². The lowest BCUT2D eigenvalue weighted by molar-refractivity contribution is -0.141. The summed E-state index contributed by atoms with van der Waals surface area (Å²) in [5.41, 5.74) is 5.89. The van der Waals surface area contributed by atoms with Crippen molar-refractivity contribution in [3.05, 3.63) is 0 Å². The Bertz CT molecular complexity index is 364. The number of hydrogen-bond acceptors (Lipinski definition) is 3. The third kappa shape index (κ3) is 3.01. The van der Waals surface area contributed by atoms with Gasteiger partial charge in [0, 0.05) is 19.1 Å². The second kappa shape index (κ2) is 5.64. The Labute approximate surface area is 123 Å². The van der Waals surface area contributed by atoms with Gasteiger partial charge in [0.2, 0.25) is 5.91 Å². The van der Waals surface area contributed by atoms with Crippen LogP contribution in [0.2, 0.25) is 0 Å². The molecule has 2 heterocycles. The molecule has 116 valence electrons. The molecule has 2 aliphatic rings. The van der Waals surface area contributed by atoms with Crippen LogP contribution in [0.25, 0.3) is 0 Å². The molecule has 3 atom stereocenters. The van der Waals surface area contributed by atoms with Crippen LogP contribution in [0.3, 0.4) is 0 Å². The number of nitrogens with zero attached hydrogens (tertiary/aromatic N) is 1. The molecule has 4 nitrogen and oxygen atoms in total. The van der Waals surface area contributed by atoms with Gasteiger partial charge < -0.3 is 15.4 Å². The van der Waals surface area contributed by atoms with Crippen molar-refractivity contribution in [2.45, 2.75) is 53.0 Å². The fourth-order valence-corrected chi connectivity index (χ4v) is 3.44. The van der Waals surface area contributed by atoms with Gasteiger partial charge in [-0.1, -0.05) is 20.8 Å². The lowest BCUT2D eigenvalue weighted by Gasteiger charge is -2.33. The summed E-state index contributed by atoms with van der Waals surface area (Å²) in [7, 11) is 0. The summed E-state index contributed by atoms with van der Waals surface area (Å²) < 4.78 is 5.42. The quantitative estimate of drug-likeness (QED) is 0.800. The van der Waals surface area contributed by atoms with Gasteiger partial charge in [-0.2, -0.15) is 0 Å².